The van der Waals surface area contributed by atoms with Gasteiger partial charge < -0.3 is 5.32 Å². The fourth-order valence-electron chi connectivity index (χ4n) is 3.80. The van der Waals surface area contributed by atoms with E-state index in [2.05, 4.69) is 29.4 Å². The van der Waals surface area contributed by atoms with Crippen molar-refractivity contribution in [2.24, 2.45) is 14.1 Å². The highest BCUT2D eigenvalue weighted by atomic mass is 16.2. The second-order valence-corrected chi connectivity index (χ2v) is 7.82. The van der Waals surface area contributed by atoms with Gasteiger partial charge in [0.15, 0.2) is 0 Å². The zero-order valence-electron chi connectivity index (χ0n) is 18.2. The van der Waals surface area contributed by atoms with Crippen molar-refractivity contribution < 1.29 is 4.79 Å². The fourth-order valence-corrected chi connectivity index (χ4v) is 3.80. The van der Waals surface area contributed by atoms with E-state index >= 15 is 0 Å². The number of nitrogens with zero attached hydrogens (tertiary/aromatic N) is 3. The molecule has 30 heavy (non-hydrogen) atoms. The lowest BCUT2D eigenvalue weighted by molar-refractivity contribution is -0.121. The molecule has 0 radical (unpaired) electrons. The molecule has 0 bridgehead atoms. The van der Waals surface area contributed by atoms with Crippen molar-refractivity contribution in [3.63, 3.8) is 0 Å². The molecule has 2 aromatic heterocycles. The maximum atomic E-state index is 12.7. The average Bonchev–Trinajstić information content (AvgIpc) is 2.74. The number of benzene rings is 1. The van der Waals surface area contributed by atoms with Crippen molar-refractivity contribution in [1.82, 2.24) is 19.4 Å². The highest BCUT2D eigenvalue weighted by Crippen LogP contribution is 2.20. The molecule has 1 aromatic carbocycles. The molecule has 0 saturated heterocycles. The van der Waals surface area contributed by atoms with Crippen LogP contribution in [0.25, 0.3) is 11.0 Å². The van der Waals surface area contributed by atoms with Gasteiger partial charge in [0, 0.05) is 32.8 Å². The minimum atomic E-state index is -0.404. The number of rotatable bonds is 6. The molecule has 158 valence electrons. The maximum absolute atomic E-state index is 12.7. The van der Waals surface area contributed by atoms with Crippen molar-refractivity contribution in [3.8, 4) is 0 Å². The summed E-state index contributed by atoms with van der Waals surface area (Å²) in [6, 6.07) is 10.1. The number of fused-ring (bicyclic) bond motifs is 1. The molecule has 3 rings (SSSR count). The number of hydrogen-bond acceptors (Lipinski definition) is 4. The van der Waals surface area contributed by atoms with Gasteiger partial charge in [0.2, 0.25) is 5.91 Å². The Labute approximate surface area is 175 Å². The van der Waals surface area contributed by atoms with Gasteiger partial charge in [-0.05, 0) is 42.9 Å². The summed E-state index contributed by atoms with van der Waals surface area (Å²) in [5.41, 5.74) is 3.18. The number of nitrogens with one attached hydrogen (secondary N) is 1. The Hall–Kier alpha value is -3.22. The molecule has 0 aliphatic rings. The Bertz CT molecular complexity index is 1210. The third-order valence-electron chi connectivity index (χ3n) is 5.75. The molecule has 0 aliphatic heterocycles. The van der Waals surface area contributed by atoms with E-state index in [1.54, 1.807) is 7.05 Å². The van der Waals surface area contributed by atoms with Crippen LogP contribution in [-0.2, 0) is 25.3 Å². The van der Waals surface area contributed by atoms with Crippen molar-refractivity contribution in [2.75, 3.05) is 6.54 Å². The third kappa shape index (κ3) is 4.06. The first-order valence-electron chi connectivity index (χ1n) is 10.1. The molecule has 0 saturated carbocycles. The predicted molar refractivity (Wildman–Crippen MR) is 118 cm³/mol. The Morgan fingerprint density at radius 2 is 1.77 bits per heavy atom. The first-order chi connectivity index (χ1) is 14.2. The normalized spacial score (nSPS) is 12.2. The van der Waals surface area contributed by atoms with E-state index < -0.39 is 5.69 Å². The summed E-state index contributed by atoms with van der Waals surface area (Å²) in [6.07, 6.45) is 0.792. The van der Waals surface area contributed by atoms with Crippen LogP contribution in [0.5, 0.6) is 0 Å². The van der Waals surface area contributed by atoms with Crippen LogP contribution in [0.15, 0.2) is 39.9 Å². The van der Waals surface area contributed by atoms with E-state index in [0.29, 0.717) is 30.4 Å². The second kappa shape index (κ2) is 8.65. The highest BCUT2D eigenvalue weighted by Gasteiger charge is 2.17. The Balaban J connectivity index is 1.77. The molecule has 1 N–H and O–H groups in total. The third-order valence-corrected chi connectivity index (χ3v) is 5.75. The van der Waals surface area contributed by atoms with Gasteiger partial charge in [0.05, 0.1) is 5.39 Å². The Kier molecular flexibility index (Phi) is 6.20. The van der Waals surface area contributed by atoms with Crippen LogP contribution in [0, 0.1) is 13.8 Å². The quantitative estimate of drug-likeness (QED) is 0.677. The van der Waals surface area contributed by atoms with E-state index in [9.17, 15) is 14.4 Å². The molecule has 1 atom stereocenters. The molecule has 7 nitrogen and oxygen atoms in total. The number of carbonyl (C=O) groups excluding carboxylic acids is 1. The predicted octanol–water partition coefficient (Wildman–Crippen LogP) is 2.10. The van der Waals surface area contributed by atoms with E-state index in [1.807, 2.05) is 32.0 Å². The second-order valence-electron chi connectivity index (χ2n) is 7.82. The summed E-state index contributed by atoms with van der Waals surface area (Å²) in [5, 5.41) is 3.42. The van der Waals surface area contributed by atoms with Crippen LogP contribution in [0.4, 0.5) is 0 Å². The van der Waals surface area contributed by atoms with Crippen molar-refractivity contribution in [2.45, 2.75) is 39.5 Å². The minimum absolute atomic E-state index is 0.0370. The van der Waals surface area contributed by atoms with Gasteiger partial charge in [-0.3, -0.25) is 18.7 Å². The molecular formula is C23H28N4O3. The topological polar surface area (TPSA) is 86.0 Å². The molecule has 0 unspecified atom stereocenters. The smallest absolute Gasteiger partial charge is 0.332 e. The maximum Gasteiger partial charge on any atom is 0.332 e. The van der Waals surface area contributed by atoms with Crippen LogP contribution < -0.4 is 16.6 Å². The highest BCUT2D eigenvalue weighted by molar-refractivity contribution is 5.80. The van der Waals surface area contributed by atoms with E-state index in [1.165, 1.54) is 17.2 Å². The van der Waals surface area contributed by atoms with Crippen LogP contribution in [0.3, 0.4) is 0 Å². The van der Waals surface area contributed by atoms with Crippen LogP contribution >= 0.6 is 0 Å². The molecular weight excluding hydrogens is 380 g/mol. The molecule has 3 aromatic rings. The number of aromatic nitrogens is 3. The number of pyridine rings is 1. The van der Waals surface area contributed by atoms with E-state index in [4.69, 9.17) is 0 Å². The van der Waals surface area contributed by atoms with Gasteiger partial charge in [-0.1, -0.05) is 37.3 Å². The van der Waals surface area contributed by atoms with Crippen LogP contribution in [-0.4, -0.2) is 26.6 Å². The van der Waals surface area contributed by atoms with Gasteiger partial charge in [-0.2, -0.15) is 0 Å². The first-order valence-corrected chi connectivity index (χ1v) is 10.1. The molecule has 0 fully saturated rings. The lowest BCUT2D eigenvalue weighted by Crippen LogP contribution is -2.38. The van der Waals surface area contributed by atoms with Crippen molar-refractivity contribution >= 4 is 16.9 Å². The number of carbonyl (C=O) groups is 1. The summed E-state index contributed by atoms with van der Waals surface area (Å²) < 4.78 is 2.48. The zero-order valence-corrected chi connectivity index (χ0v) is 18.2. The van der Waals surface area contributed by atoms with E-state index in [-0.39, 0.29) is 17.4 Å². The Morgan fingerprint density at radius 3 is 2.43 bits per heavy atom. The summed E-state index contributed by atoms with van der Waals surface area (Å²) >= 11 is 0. The lowest BCUT2D eigenvalue weighted by Gasteiger charge is -2.15. The summed E-state index contributed by atoms with van der Waals surface area (Å²) in [7, 11) is 3.07. The molecule has 0 spiro atoms. The van der Waals surface area contributed by atoms with Crippen LogP contribution in [0.1, 0.15) is 41.6 Å². The monoisotopic (exact) mass is 408 g/mol. The zero-order chi connectivity index (χ0) is 22.0. The van der Waals surface area contributed by atoms with E-state index in [0.717, 1.165) is 21.4 Å². The minimum Gasteiger partial charge on any atom is -0.355 e. The van der Waals surface area contributed by atoms with Gasteiger partial charge in [-0.15, -0.1) is 0 Å². The summed E-state index contributed by atoms with van der Waals surface area (Å²) in [6.45, 7) is 6.35. The SMILES string of the molecule is Cc1nc2c(c(C)c1CCC(=O)NC[C@@H](C)c1ccccc1)c(=O)n(C)c(=O)n2C. The number of aryl methyl sites for hydroxylation is 3. The number of amides is 1. The molecule has 1 amide bonds. The standard InChI is InChI=1S/C23H28N4O3/c1-14(17-9-7-6-8-10-17)13-24-19(28)12-11-18-15(2)20-21(25-16(18)3)26(4)23(30)27(5)22(20)29/h6-10,14H,11-13H2,1-5H3,(H,24,28)/t14-/m1/s1. The molecule has 7 heteroatoms. The fraction of sp³-hybridized carbons (Fsp3) is 0.391. The molecule has 0 aliphatic carbocycles. The van der Waals surface area contributed by atoms with Gasteiger partial charge in [-0.25, -0.2) is 9.78 Å². The summed E-state index contributed by atoms with van der Waals surface area (Å²) in [5.74, 6) is 0.190. The van der Waals surface area contributed by atoms with Gasteiger partial charge in [0.1, 0.15) is 5.65 Å². The van der Waals surface area contributed by atoms with Gasteiger partial charge >= 0.3 is 5.69 Å². The van der Waals surface area contributed by atoms with Crippen molar-refractivity contribution in [1.29, 1.82) is 0 Å². The average molecular weight is 409 g/mol. The Morgan fingerprint density at radius 1 is 1.10 bits per heavy atom. The largest absolute Gasteiger partial charge is 0.355 e. The molecule has 2 heterocycles. The van der Waals surface area contributed by atoms with Crippen molar-refractivity contribution in [3.05, 3.63) is 73.6 Å². The number of hydrogen-bond donors (Lipinski definition) is 1. The lowest BCUT2D eigenvalue weighted by atomic mass is 9.99. The van der Waals surface area contributed by atoms with Gasteiger partial charge in [0.25, 0.3) is 5.56 Å². The van der Waals surface area contributed by atoms with Crippen LogP contribution in [0.2, 0.25) is 0 Å². The first kappa shape index (κ1) is 21.5. The summed E-state index contributed by atoms with van der Waals surface area (Å²) in [4.78, 5) is 41.8.